The number of carbonyl (C=O) groups is 1. The molecule has 7 heteroatoms. The third-order valence-corrected chi connectivity index (χ3v) is 3.32. The Kier molecular flexibility index (Phi) is 1.78. The number of rotatable bonds is 1. The van der Waals surface area contributed by atoms with Crippen LogP contribution in [-0.4, -0.2) is 26.1 Å². The van der Waals surface area contributed by atoms with Crippen LogP contribution in [0.15, 0.2) is 23.4 Å². The van der Waals surface area contributed by atoms with Crippen molar-refractivity contribution in [2.45, 2.75) is 5.16 Å². The first-order valence-electron chi connectivity index (χ1n) is 4.50. The summed E-state index contributed by atoms with van der Waals surface area (Å²) in [5, 5.41) is 11.2. The maximum atomic E-state index is 11.6. The summed E-state index contributed by atoms with van der Waals surface area (Å²) in [5.41, 5.74) is 1.10. The van der Waals surface area contributed by atoms with Crippen molar-refractivity contribution in [2.24, 2.45) is 0 Å². The molecule has 1 aromatic carbocycles. The van der Waals surface area contributed by atoms with Gasteiger partial charge in [0.25, 0.3) is 5.69 Å². The molecule has 0 atom stereocenters. The maximum absolute atomic E-state index is 11.6. The second-order valence-electron chi connectivity index (χ2n) is 3.34. The zero-order valence-corrected chi connectivity index (χ0v) is 8.73. The molecule has 3 rings (SSSR count). The third kappa shape index (κ3) is 1.15. The Balaban J connectivity index is 2.33. The number of hydrogen-bond acceptors (Lipinski definition) is 5. The van der Waals surface area contributed by atoms with E-state index in [4.69, 9.17) is 0 Å². The Bertz CT molecular complexity index is 634. The van der Waals surface area contributed by atoms with Crippen LogP contribution >= 0.6 is 11.8 Å². The number of nitrogens with zero attached hydrogens (tertiary/aromatic N) is 3. The second kappa shape index (κ2) is 3.05. The lowest BCUT2D eigenvalue weighted by Crippen LogP contribution is -2.06. The molecule has 6 nitrogen and oxygen atoms in total. The fraction of sp³-hybridized carbons (Fsp3) is 0.111. The van der Waals surface area contributed by atoms with Crippen molar-refractivity contribution in [1.82, 2.24) is 9.55 Å². The molecule has 0 N–H and O–H groups in total. The zero-order valence-electron chi connectivity index (χ0n) is 7.91. The lowest BCUT2D eigenvalue weighted by atomic mass is 10.3. The number of imidazole rings is 1. The average Bonchev–Trinajstić information content (AvgIpc) is 2.78. The van der Waals surface area contributed by atoms with Crippen LogP contribution < -0.4 is 0 Å². The molecule has 80 valence electrons. The number of hydrogen-bond donors (Lipinski definition) is 0. The lowest BCUT2D eigenvalue weighted by Gasteiger charge is -1.95. The van der Waals surface area contributed by atoms with Gasteiger partial charge in [0.05, 0.1) is 21.7 Å². The van der Waals surface area contributed by atoms with Crippen molar-refractivity contribution in [2.75, 3.05) is 5.75 Å². The summed E-state index contributed by atoms with van der Waals surface area (Å²) in [6.07, 6.45) is 0. The Morgan fingerprint density at radius 3 is 3.06 bits per heavy atom. The van der Waals surface area contributed by atoms with E-state index in [1.165, 1.54) is 28.5 Å². The molecule has 1 aromatic heterocycles. The molecule has 0 fully saturated rings. The molecular weight excluding hydrogens is 230 g/mol. The van der Waals surface area contributed by atoms with Gasteiger partial charge >= 0.3 is 0 Å². The first-order valence-corrected chi connectivity index (χ1v) is 5.48. The lowest BCUT2D eigenvalue weighted by molar-refractivity contribution is -0.384. The van der Waals surface area contributed by atoms with E-state index in [1.807, 2.05) is 0 Å². The number of thioether (sulfide) groups is 1. The number of non-ortho nitro benzene ring substituents is 1. The molecule has 1 aliphatic rings. The van der Waals surface area contributed by atoms with Gasteiger partial charge in [0, 0.05) is 12.1 Å². The van der Waals surface area contributed by atoms with Crippen LogP contribution in [0.5, 0.6) is 0 Å². The molecule has 0 saturated heterocycles. The highest BCUT2D eigenvalue weighted by molar-refractivity contribution is 8.00. The highest BCUT2D eigenvalue weighted by atomic mass is 32.2. The minimum Gasteiger partial charge on any atom is -0.273 e. The van der Waals surface area contributed by atoms with E-state index in [9.17, 15) is 14.9 Å². The third-order valence-electron chi connectivity index (χ3n) is 2.39. The second-order valence-corrected chi connectivity index (χ2v) is 4.28. The van der Waals surface area contributed by atoms with Crippen LogP contribution in [0.2, 0.25) is 0 Å². The van der Waals surface area contributed by atoms with Crippen molar-refractivity contribution in [3.05, 3.63) is 28.3 Å². The van der Waals surface area contributed by atoms with Crippen molar-refractivity contribution in [3.8, 4) is 0 Å². The Labute approximate surface area is 93.4 Å². The van der Waals surface area contributed by atoms with Crippen LogP contribution in [0.4, 0.5) is 5.69 Å². The van der Waals surface area contributed by atoms with Gasteiger partial charge in [0.1, 0.15) is 0 Å². The van der Waals surface area contributed by atoms with Crippen molar-refractivity contribution in [3.63, 3.8) is 0 Å². The Morgan fingerprint density at radius 2 is 2.31 bits per heavy atom. The van der Waals surface area contributed by atoms with E-state index in [0.29, 0.717) is 21.9 Å². The summed E-state index contributed by atoms with van der Waals surface area (Å²) >= 11 is 1.35. The van der Waals surface area contributed by atoms with E-state index >= 15 is 0 Å². The van der Waals surface area contributed by atoms with Crippen molar-refractivity contribution in [1.29, 1.82) is 0 Å². The molecule has 2 heterocycles. The van der Waals surface area contributed by atoms with Gasteiger partial charge in [-0.15, -0.1) is 0 Å². The van der Waals surface area contributed by atoms with E-state index in [2.05, 4.69) is 4.98 Å². The largest absolute Gasteiger partial charge is 0.273 e. The summed E-state index contributed by atoms with van der Waals surface area (Å²) in [6, 6.07) is 4.34. The molecule has 0 amide bonds. The van der Waals surface area contributed by atoms with Gasteiger partial charge < -0.3 is 0 Å². The fourth-order valence-corrected chi connectivity index (χ4v) is 2.56. The number of carbonyl (C=O) groups excluding carboxylic acids is 1. The fourth-order valence-electron chi connectivity index (χ4n) is 1.68. The van der Waals surface area contributed by atoms with Crippen molar-refractivity contribution >= 4 is 34.4 Å². The zero-order chi connectivity index (χ0) is 11.3. The Hall–Kier alpha value is -1.89. The average molecular weight is 235 g/mol. The van der Waals surface area contributed by atoms with Gasteiger partial charge in [0.2, 0.25) is 5.91 Å². The topological polar surface area (TPSA) is 78.0 Å². The minimum absolute atomic E-state index is 0.0279. The summed E-state index contributed by atoms with van der Waals surface area (Å²) in [4.78, 5) is 25.9. The number of aromatic nitrogens is 2. The normalized spacial score (nSPS) is 14.4. The predicted molar refractivity (Wildman–Crippen MR) is 57.7 cm³/mol. The molecule has 16 heavy (non-hydrogen) atoms. The predicted octanol–water partition coefficient (Wildman–Crippen LogP) is 1.69. The van der Waals surface area contributed by atoms with Crippen LogP contribution in [0, 0.1) is 10.1 Å². The van der Waals surface area contributed by atoms with Crippen LogP contribution in [0.25, 0.3) is 11.0 Å². The highest BCUT2D eigenvalue weighted by Crippen LogP contribution is 2.31. The monoisotopic (exact) mass is 235 g/mol. The standard InChI is InChI=1S/C9H5N3O3S/c13-8-4-16-9-10-6-2-1-5(12(14)15)3-7(6)11(8)9/h1-3H,4H2. The number of nitro groups is 1. The summed E-state index contributed by atoms with van der Waals surface area (Å²) < 4.78 is 1.44. The summed E-state index contributed by atoms with van der Waals surface area (Å²) in [6.45, 7) is 0. The molecule has 0 radical (unpaired) electrons. The van der Waals surface area contributed by atoms with Crippen LogP contribution in [0.3, 0.4) is 0 Å². The van der Waals surface area contributed by atoms with Crippen LogP contribution in [-0.2, 0) is 0 Å². The van der Waals surface area contributed by atoms with E-state index < -0.39 is 4.92 Å². The minimum atomic E-state index is -0.480. The van der Waals surface area contributed by atoms with Gasteiger partial charge in [-0.2, -0.15) is 0 Å². The molecule has 0 unspecified atom stereocenters. The molecule has 0 bridgehead atoms. The van der Waals surface area contributed by atoms with Gasteiger partial charge in [-0.3, -0.25) is 19.5 Å². The molecule has 1 aliphatic heterocycles. The SMILES string of the molecule is O=C1CSc2nc3ccc([N+](=O)[O-])cc3n21. The number of fused-ring (bicyclic) bond motifs is 3. The van der Waals surface area contributed by atoms with Gasteiger partial charge in [0.15, 0.2) is 5.16 Å². The smallest absolute Gasteiger partial charge is 0.271 e. The van der Waals surface area contributed by atoms with Gasteiger partial charge in [-0.25, -0.2) is 4.98 Å². The molecule has 2 aromatic rings. The number of nitro benzene ring substituents is 1. The first-order chi connectivity index (χ1) is 7.66. The number of benzene rings is 1. The Morgan fingerprint density at radius 1 is 1.50 bits per heavy atom. The van der Waals surface area contributed by atoms with E-state index in [0.717, 1.165) is 0 Å². The quantitative estimate of drug-likeness (QED) is 0.555. The van der Waals surface area contributed by atoms with Gasteiger partial charge in [-0.05, 0) is 6.07 Å². The van der Waals surface area contributed by atoms with Crippen molar-refractivity contribution < 1.29 is 9.72 Å². The maximum Gasteiger partial charge on any atom is 0.271 e. The molecular formula is C9H5N3O3S. The van der Waals surface area contributed by atoms with E-state index in [-0.39, 0.29) is 11.6 Å². The molecule has 0 spiro atoms. The highest BCUT2D eigenvalue weighted by Gasteiger charge is 2.25. The summed E-state index contributed by atoms with van der Waals surface area (Å²) in [7, 11) is 0. The van der Waals surface area contributed by atoms with Gasteiger partial charge in [-0.1, -0.05) is 11.8 Å². The molecule has 0 aliphatic carbocycles. The van der Waals surface area contributed by atoms with E-state index in [1.54, 1.807) is 6.07 Å². The summed E-state index contributed by atoms with van der Waals surface area (Å²) in [5.74, 6) is 0.268. The molecule has 0 saturated carbocycles. The first kappa shape index (κ1) is 9.34. The van der Waals surface area contributed by atoms with Crippen LogP contribution in [0.1, 0.15) is 4.79 Å².